The second-order valence-electron chi connectivity index (χ2n) is 12.3. The van der Waals surface area contributed by atoms with Gasteiger partial charge in [0.05, 0.1) is 33.4 Å². The van der Waals surface area contributed by atoms with Gasteiger partial charge in [-0.2, -0.15) is 0 Å². The van der Waals surface area contributed by atoms with Gasteiger partial charge < -0.3 is 4.74 Å². The topological polar surface area (TPSA) is 48.8 Å². The van der Waals surface area contributed by atoms with Crippen LogP contribution in [0.2, 0.25) is 0 Å². The van der Waals surface area contributed by atoms with E-state index in [4.69, 9.17) is 9.72 Å². The fourth-order valence-corrected chi connectivity index (χ4v) is 6.02. The summed E-state index contributed by atoms with van der Waals surface area (Å²) in [4.78, 5) is 9.12. The third kappa shape index (κ3) is 4.71. The van der Waals surface area contributed by atoms with Gasteiger partial charge in [-0.15, -0.1) is 0 Å². The van der Waals surface area contributed by atoms with E-state index in [1.807, 2.05) is 65.5 Å². The monoisotopic (exact) mass is 585 g/mol. The van der Waals surface area contributed by atoms with Crippen LogP contribution in [-0.2, 0) is 5.41 Å². The van der Waals surface area contributed by atoms with Gasteiger partial charge in [-0.3, -0.25) is 18.7 Å². The number of nitrogens with zero attached hydrogens (tertiary/aromatic N) is 5. The Labute approximate surface area is 261 Å². The number of hydrogen-bond acceptors (Lipinski definition) is 3. The molecule has 0 atom stereocenters. The number of ether oxygens (including phenoxy) is 1. The average molecular weight is 586 g/mol. The van der Waals surface area contributed by atoms with Crippen molar-refractivity contribution in [3.63, 3.8) is 0 Å². The summed E-state index contributed by atoms with van der Waals surface area (Å²) in [6.07, 6.45) is 9.05. The van der Waals surface area contributed by atoms with Crippen LogP contribution in [0.4, 0.5) is 0 Å². The molecule has 0 aliphatic carbocycles. The first-order valence-corrected chi connectivity index (χ1v) is 15.1. The van der Waals surface area contributed by atoms with Crippen molar-refractivity contribution in [3.8, 4) is 28.7 Å². The highest BCUT2D eigenvalue weighted by atomic mass is 16.5. The van der Waals surface area contributed by atoms with Gasteiger partial charge in [0.25, 0.3) is 6.33 Å². The minimum Gasteiger partial charge on any atom is -0.458 e. The van der Waals surface area contributed by atoms with E-state index < -0.39 is 0 Å². The first-order valence-electron chi connectivity index (χ1n) is 15.1. The second kappa shape index (κ2) is 10.5. The van der Waals surface area contributed by atoms with Crippen LogP contribution in [0.5, 0.6) is 11.5 Å². The van der Waals surface area contributed by atoms with Crippen molar-refractivity contribution in [3.05, 3.63) is 146 Å². The van der Waals surface area contributed by atoms with Gasteiger partial charge >= 0.3 is 0 Å². The molecular weight excluding hydrogens is 554 g/mol. The number of benzene rings is 4. The Morgan fingerprint density at radius 1 is 0.689 bits per heavy atom. The van der Waals surface area contributed by atoms with Gasteiger partial charge in [0.1, 0.15) is 17.3 Å². The molecule has 0 fully saturated rings. The molecule has 0 bridgehead atoms. The summed E-state index contributed by atoms with van der Waals surface area (Å²) in [5, 5.41) is 2.34. The minimum absolute atomic E-state index is 0.00939. The van der Waals surface area contributed by atoms with Crippen LogP contribution in [0.1, 0.15) is 26.3 Å². The van der Waals surface area contributed by atoms with Crippen molar-refractivity contribution in [2.24, 2.45) is 0 Å². The predicted octanol–water partition coefficient (Wildman–Crippen LogP) is 8.68. The normalized spacial score (nSPS) is 11.9. The van der Waals surface area contributed by atoms with Crippen LogP contribution in [-0.4, -0.2) is 19.1 Å². The van der Waals surface area contributed by atoms with E-state index in [0.717, 1.165) is 56.1 Å². The van der Waals surface area contributed by atoms with Crippen molar-refractivity contribution in [2.75, 3.05) is 0 Å². The number of hydrogen-bond donors (Lipinski definition) is 0. The molecule has 4 aromatic carbocycles. The molecule has 0 aliphatic rings. The summed E-state index contributed by atoms with van der Waals surface area (Å²) in [5.41, 5.74) is 7.38. The standard InChI is InChI=1S/C39H31N5O/c1-39(2,3)27-19-21-41-38(22-27)44-34-14-5-4-13-32(34)33-18-17-31(24-37(33)44)45-30-12-8-10-28(23-30)42-26-43(29-11-9-20-40-25-29)36-16-7-6-15-35(36)42/h4-25H,1-3H3. The van der Waals surface area contributed by atoms with Crippen molar-refractivity contribution in [1.29, 1.82) is 0 Å². The Bertz CT molecular complexity index is 2340. The summed E-state index contributed by atoms with van der Waals surface area (Å²) in [6.45, 7) is 6.68. The molecule has 0 unspecified atom stereocenters. The minimum atomic E-state index is 0.00939. The molecule has 6 nitrogen and oxygen atoms in total. The number of imidazole rings is 1. The Morgan fingerprint density at radius 2 is 1.49 bits per heavy atom. The molecule has 0 amide bonds. The van der Waals surface area contributed by atoms with E-state index in [1.165, 1.54) is 10.9 Å². The molecule has 0 radical (unpaired) electrons. The smallest absolute Gasteiger partial charge is 0.269 e. The molecule has 218 valence electrons. The van der Waals surface area contributed by atoms with Crippen LogP contribution in [0.15, 0.2) is 134 Å². The highest BCUT2D eigenvalue weighted by Crippen LogP contribution is 2.36. The Hall–Kier alpha value is -5.75. The maximum atomic E-state index is 6.54. The van der Waals surface area contributed by atoms with Gasteiger partial charge in [0.15, 0.2) is 0 Å². The van der Waals surface area contributed by atoms with Crippen LogP contribution < -0.4 is 9.30 Å². The van der Waals surface area contributed by atoms with Crippen LogP contribution in [0, 0.1) is 6.33 Å². The average Bonchev–Trinajstić information content (AvgIpc) is 3.61. The van der Waals surface area contributed by atoms with E-state index >= 15 is 0 Å². The molecule has 0 aliphatic heterocycles. The lowest BCUT2D eigenvalue weighted by Gasteiger charge is -2.20. The third-order valence-electron chi connectivity index (χ3n) is 8.27. The molecule has 4 aromatic heterocycles. The summed E-state index contributed by atoms with van der Waals surface area (Å²) in [6, 6.07) is 39.4. The molecular formula is C39H31N5O. The van der Waals surface area contributed by atoms with E-state index in [-0.39, 0.29) is 5.41 Å². The number of rotatable bonds is 5. The largest absolute Gasteiger partial charge is 0.458 e. The molecule has 0 N–H and O–H groups in total. The van der Waals surface area contributed by atoms with Crippen LogP contribution >= 0.6 is 0 Å². The number of pyridine rings is 2. The third-order valence-corrected chi connectivity index (χ3v) is 8.27. The molecule has 0 spiro atoms. The fraction of sp³-hybridized carbons (Fsp3) is 0.103. The zero-order chi connectivity index (χ0) is 30.5. The predicted molar refractivity (Wildman–Crippen MR) is 179 cm³/mol. The quantitative estimate of drug-likeness (QED) is 0.150. The van der Waals surface area contributed by atoms with Crippen molar-refractivity contribution >= 4 is 32.8 Å². The molecule has 8 aromatic rings. The van der Waals surface area contributed by atoms with Gasteiger partial charge in [-0.05, 0) is 71.6 Å². The lowest BCUT2D eigenvalue weighted by Crippen LogP contribution is -2.29. The second-order valence-corrected chi connectivity index (χ2v) is 12.3. The summed E-state index contributed by atoms with van der Waals surface area (Å²) in [5.74, 6) is 2.38. The molecule has 4 heterocycles. The number of aromatic nitrogens is 5. The zero-order valence-corrected chi connectivity index (χ0v) is 25.3. The van der Waals surface area contributed by atoms with E-state index in [0.29, 0.717) is 0 Å². The van der Waals surface area contributed by atoms with Crippen LogP contribution in [0.25, 0.3) is 50.0 Å². The van der Waals surface area contributed by atoms with Gasteiger partial charge in [-0.25, -0.2) is 4.98 Å². The summed E-state index contributed by atoms with van der Waals surface area (Å²) < 4.78 is 12.9. The summed E-state index contributed by atoms with van der Waals surface area (Å²) >= 11 is 0. The maximum absolute atomic E-state index is 6.54. The maximum Gasteiger partial charge on any atom is 0.269 e. The van der Waals surface area contributed by atoms with Gasteiger partial charge in [0.2, 0.25) is 0 Å². The SMILES string of the molecule is CC(C)(C)c1ccnc(-n2c3ccccc3c3ccc(Oc4cccc(-n5[c-][n+](-c6cccnc6)c6ccccc65)c4)cc32)c1. The molecule has 8 rings (SSSR count). The lowest BCUT2D eigenvalue weighted by molar-refractivity contribution is -0.572. The highest BCUT2D eigenvalue weighted by Gasteiger charge is 2.18. The van der Waals surface area contributed by atoms with Crippen LogP contribution in [0.3, 0.4) is 0 Å². The fourth-order valence-electron chi connectivity index (χ4n) is 6.02. The van der Waals surface area contributed by atoms with E-state index in [2.05, 4.69) is 108 Å². The van der Waals surface area contributed by atoms with Gasteiger partial charge in [-0.1, -0.05) is 69.3 Å². The number of fused-ring (bicyclic) bond motifs is 4. The van der Waals surface area contributed by atoms with Crippen molar-refractivity contribution < 1.29 is 9.30 Å². The van der Waals surface area contributed by atoms with E-state index in [1.54, 1.807) is 6.20 Å². The Balaban J connectivity index is 1.21. The highest BCUT2D eigenvalue weighted by molar-refractivity contribution is 6.09. The Kier molecular flexibility index (Phi) is 6.24. The summed E-state index contributed by atoms with van der Waals surface area (Å²) in [7, 11) is 0. The first kappa shape index (κ1) is 26.8. The van der Waals surface area contributed by atoms with E-state index in [9.17, 15) is 0 Å². The van der Waals surface area contributed by atoms with Crippen molar-refractivity contribution in [1.82, 2.24) is 19.1 Å². The van der Waals surface area contributed by atoms with Crippen molar-refractivity contribution in [2.45, 2.75) is 26.2 Å². The molecule has 45 heavy (non-hydrogen) atoms. The first-order chi connectivity index (χ1) is 21.9. The number of para-hydroxylation sites is 3. The molecule has 6 heteroatoms. The van der Waals surface area contributed by atoms with Gasteiger partial charge in [0, 0.05) is 35.4 Å². The molecule has 0 saturated carbocycles. The zero-order valence-electron chi connectivity index (χ0n) is 25.3. The lowest BCUT2D eigenvalue weighted by atomic mass is 9.88. The molecule has 0 saturated heterocycles. The Morgan fingerprint density at radius 3 is 2.33 bits per heavy atom.